The third-order valence-corrected chi connectivity index (χ3v) is 5.81. The molecular formula is C12H20N4O3S2. The summed E-state index contributed by atoms with van der Waals surface area (Å²) in [7, 11) is -3.04. The van der Waals surface area contributed by atoms with Crippen LogP contribution in [-0.4, -0.2) is 54.8 Å². The second-order valence-corrected chi connectivity index (χ2v) is 8.63. The van der Waals surface area contributed by atoms with Gasteiger partial charge in [0.05, 0.1) is 11.5 Å². The van der Waals surface area contributed by atoms with Gasteiger partial charge in [0.15, 0.2) is 15.0 Å². The Morgan fingerprint density at radius 1 is 1.38 bits per heavy atom. The van der Waals surface area contributed by atoms with Gasteiger partial charge < -0.3 is 16.0 Å². The summed E-state index contributed by atoms with van der Waals surface area (Å²) in [6.45, 7) is 4.59. The van der Waals surface area contributed by atoms with Crippen molar-refractivity contribution in [1.82, 2.24) is 9.88 Å². The number of carbonyl (C=O) groups excluding carboxylic acids is 1. The second-order valence-electron chi connectivity index (χ2n) is 5.33. The second kappa shape index (κ2) is 6.18. The Morgan fingerprint density at radius 2 is 2.10 bits per heavy atom. The van der Waals surface area contributed by atoms with E-state index in [4.69, 9.17) is 5.73 Å². The lowest BCUT2D eigenvalue weighted by molar-refractivity contribution is 0.0774. The molecule has 1 aromatic rings. The van der Waals surface area contributed by atoms with Crippen LogP contribution in [0, 0.1) is 0 Å². The van der Waals surface area contributed by atoms with E-state index in [0.717, 1.165) is 0 Å². The highest BCUT2D eigenvalue weighted by atomic mass is 32.2. The number of nitrogen functional groups attached to an aromatic ring is 1. The fourth-order valence-corrected chi connectivity index (χ4v) is 4.35. The minimum atomic E-state index is -3.04. The maximum atomic E-state index is 12.5. The average Bonchev–Trinajstić information content (AvgIpc) is 2.61. The monoisotopic (exact) mass is 332 g/mol. The predicted octanol–water partition coefficient (Wildman–Crippen LogP) is 0.806. The molecule has 0 radical (unpaired) electrons. The van der Waals surface area contributed by atoms with Crippen molar-refractivity contribution in [3.05, 3.63) is 4.88 Å². The Hall–Kier alpha value is -1.35. The summed E-state index contributed by atoms with van der Waals surface area (Å²) in [5.74, 6) is 0.100. The molecule has 1 aliphatic heterocycles. The van der Waals surface area contributed by atoms with Crippen LogP contribution < -0.4 is 11.1 Å². The van der Waals surface area contributed by atoms with Crippen molar-refractivity contribution in [2.75, 3.05) is 35.6 Å². The van der Waals surface area contributed by atoms with E-state index in [1.165, 1.54) is 11.3 Å². The molecule has 0 aromatic carbocycles. The molecule has 1 fully saturated rings. The molecule has 0 aliphatic carbocycles. The lowest BCUT2D eigenvalue weighted by Gasteiger charge is -2.18. The largest absolute Gasteiger partial charge is 0.382 e. The van der Waals surface area contributed by atoms with Gasteiger partial charge in [-0.3, -0.25) is 4.79 Å². The molecule has 1 saturated heterocycles. The van der Waals surface area contributed by atoms with Gasteiger partial charge in [-0.15, -0.1) is 0 Å². The van der Waals surface area contributed by atoms with Gasteiger partial charge in [0.25, 0.3) is 5.91 Å². The van der Waals surface area contributed by atoms with Gasteiger partial charge in [-0.2, -0.15) is 0 Å². The number of nitrogens with two attached hydrogens (primary N) is 1. The van der Waals surface area contributed by atoms with Crippen LogP contribution in [0.2, 0.25) is 0 Å². The van der Waals surface area contributed by atoms with Crippen molar-refractivity contribution in [2.45, 2.75) is 26.3 Å². The van der Waals surface area contributed by atoms with Crippen molar-refractivity contribution < 1.29 is 13.2 Å². The third kappa shape index (κ3) is 4.07. The van der Waals surface area contributed by atoms with Crippen molar-refractivity contribution in [3.63, 3.8) is 0 Å². The molecule has 0 unspecified atom stereocenters. The van der Waals surface area contributed by atoms with Crippen molar-refractivity contribution in [2.24, 2.45) is 0 Å². The van der Waals surface area contributed by atoms with Crippen molar-refractivity contribution in [3.8, 4) is 0 Å². The molecule has 7 nitrogen and oxygen atoms in total. The zero-order valence-electron chi connectivity index (χ0n) is 12.1. The molecule has 2 heterocycles. The first-order chi connectivity index (χ1) is 9.78. The Morgan fingerprint density at radius 3 is 2.76 bits per heavy atom. The SMILES string of the molecule is CC(C)Nc1nc(N)c(C(=O)N2CCCS(=O)(=O)CC2)s1. The molecule has 3 N–H and O–H groups in total. The lowest BCUT2D eigenvalue weighted by atomic mass is 10.3. The summed E-state index contributed by atoms with van der Waals surface area (Å²) < 4.78 is 23.2. The highest BCUT2D eigenvalue weighted by molar-refractivity contribution is 7.91. The standard InChI is InChI=1S/C12H20N4O3S2/c1-8(2)14-12-15-10(13)9(20-12)11(17)16-4-3-6-21(18,19)7-5-16/h8H,3-7,13H2,1-2H3,(H,14,15). The minimum Gasteiger partial charge on any atom is -0.382 e. The molecule has 0 bridgehead atoms. The quantitative estimate of drug-likeness (QED) is 0.848. The Bertz CT molecular complexity index is 624. The Kier molecular flexibility index (Phi) is 4.72. The van der Waals surface area contributed by atoms with E-state index in [-0.39, 0.29) is 35.8 Å². The number of hydrogen-bond acceptors (Lipinski definition) is 7. The number of anilines is 2. The number of rotatable bonds is 3. The molecule has 21 heavy (non-hydrogen) atoms. The normalized spacial score (nSPS) is 18.5. The first-order valence-corrected chi connectivity index (χ1v) is 9.45. The summed E-state index contributed by atoms with van der Waals surface area (Å²) in [5.41, 5.74) is 5.81. The van der Waals surface area contributed by atoms with Crippen molar-refractivity contribution in [1.29, 1.82) is 0 Å². The molecule has 1 aliphatic rings. The number of sulfone groups is 1. The molecule has 2 rings (SSSR count). The zero-order chi connectivity index (χ0) is 15.6. The molecule has 0 spiro atoms. The van der Waals surface area contributed by atoms with Gasteiger partial charge in [0.2, 0.25) is 0 Å². The molecule has 1 aromatic heterocycles. The van der Waals surface area contributed by atoms with E-state index in [9.17, 15) is 13.2 Å². The fraction of sp³-hybridized carbons (Fsp3) is 0.667. The zero-order valence-corrected chi connectivity index (χ0v) is 13.8. The van der Waals surface area contributed by atoms with E-state index in [1.54, 1.807) is 4.90 Å². The molecule has 118 valence electrons. The van der Waals surface area contributed by atoms with E-state index >= 15 is 0 Å². The maximum absolute atomic E-state index is 12.5. The number of hydrogen-bond donors (Lipinski definition) is 2. The minimum absolute atomic E-state index is 0.00848. The summed E-state index contributed by atoms with van der Waals surface area (Å²) in [6, 6.07) is 0.196. The van der Waals surface area contributed by atoms with Gasteiger partial charge in [-0.1, -0.05) is 11.3 Å². The highest BCUT2D eigenvalue weighted by Crippen LogP contribution is 2.27. The predicted molar refractivity (Wildman–Crippen MR) is 84.5 cm³/mol. The number of aromatic nitrogens is 1. The summed E-state index contributed by atoms with van der Waals surface area (Å²) in [5, 5.41) is 3.71. The number of amides is 1. The summed E-state index contributed by atoms with van der Waals surface area (Å²) in [4.78, 5) is 18.5. The first kappa shape index (κ1) is 16.0. The molecular weight excluding hydrogens is 312 g/mol. The van der Waals surface area contributed by atoms with Crippen molar-refractivity contribution >= 4 is 38.0 Å². The Balaban J connectivity index is 2.14. The van der Waals surface area contributed by atoms with Gasteiger partial charge in [-0.25, -0.2) is 13.4 Å². The number of nitrogens with one attached hydrogen (secondary N) is 1. The average molecular weight is 332 g/mol. The van der Waals surface area contributed by atoms with Gasteiger partial charge in [-0.05, 0) is 20.3 Å². The smallest absolute Gasteiger partial charge is 0.267 e. The van der Waals surface area contributed by atoms with E-state index in [1.807, 2.05) is 13.8 Å². The van der Waals surface area contributed by atoms with Crippen LogP contribution in [0.25, 0.3) is 0 Å². The van der Waals surface area contributed by atoms with Crippen LogP contribution in [0.1, 0.15) is 29.9 Å². The van der Waals surface area contributed by atoms with E-state index < -0.39 is 9.84 Å². The van der Waals surface area contributed by atoms with Crippen LogP contribution in [0.3, 0.4) is 0 Å². The maximum Gasteiger partial charge on any atom is 0.267 e. The number of nitrogens with zero attached hydrogens (tertiary/aromatic N) is 2. The van der Waals surface area contributed by atoms with Crippen LogP contribution in [0.4, 0.5) is 10.9 Å². The number of carbonyl (C=O) groups is 1. The lowest BCUT2D eigenvalue weighted by Crippen LogP contribution is -2.33. The third-order valence-electron chi connectivity index (χ3n) is 3.10. The van der Waals surface area contributed by atoms with Crippen LogP contribution in [0.5, 0.6) is 0 Å². The van der Waals surface area contributed by atoms with Gasteiger partial charge >= 0.3 is 0 Å². The Labute approximate surface area is 128 Å². The molecule has 9 heteroatoms. The molecule has 0 saturated carbocycles. The fourth-order valence-electron chi connectivity index (χ4n) is 2.08. The summed E-state index contributed by atoms with van der Waals surface area (Å²) in [6.07, 6.45) is 0.462. The van der Waals surface area contributed by atoms with E-state index in [2.05, 4.69) is 10.3 Å². The topological polar surface area (TPSA) is 105 Å². The number of thiazole rings is 1. The molecule has 0 atom stereocenters. The highest BCUT2D eigenvalue weighted by Gasteiger charge is 2.26. The van der Waals surface area contributed by atoms with Gasteiger partial charge in [0, 0.05) is 19.1 Å². The van der Waals surface area contributed by atoms with Crippen LogP contribution in [0.15, 0.2) is 0 Å². The molecule has 1 amide bonds. The van der Waals surface area contributed by atoms with E-state index in [0.29, 0.717) is 23.0 Å². The summed E-state index contributed by atoms with van der Waals surface area (Å²) >= 11 is 1.21. The first-order valence-electron chi connectivity index (χ1n) is 6.81. The van der Waals surface area contributed by atoms with Crippen LogP contribution in [-0.2, 0) is 9.84 Å². The van der Waals surface area contributed by atoms with Gasteiger partial charge in [0.1, 0.15) is 10.7 Å². The van der Waals surface area contributed by atoms with Crippen LogP contribution >= 0.6 is 11.3 Å².